The van der Waals surface area contributed by atoms with Crippen LogP contribution in [-0.2, 0) is 11.3 Å². The molecule has 0 aliphatic rings. The third kappa shape index (κ3) is 3.84. The summed E-state index contributed by atoms with van der Waals surface area (Å²) < 4.78 is 31.3. The number of aromatic nitrogens is 2. The third-order valence-corrected chi connectivity index (χ3v) is 4.06. The van der Waals surface area contributed by atoms with Crippen LogP contribution in [0.15, 0.2) is 62.2 Å². The van der Waals surface area contributed by atoms with Crippen molar-refractivity contribution in [1.82, 2.24) is 10.3 Å². The molecule has 148 valence electrons. The highest BCUT2D eigenvalue weighted by atomic mass is 16.5. The van der Waals surface area contributed by atoms with Gasteiger partial charge in [-0.1, -0.05) is 10.3 Å². The van der Waals surface area contributed by atoms with E-state index >= 15 is 0 Å². The maximum absolute atomic E-state index is 12.2. The smallest absolute Gasteiger partial charge is 0.360 e. The van der Waals surface area contributed by atoms with Gasteiger partial charge >= 0.3 is 5.97 Å². The molecule has 0 fully saturated rings. The van der Waals surface area contributed by atoms with Crippen molar-refractivity contribution >= 4 is 5.97 Å². The topological polar surface area (TPSA) is 110 Å². The Labute approximate surface area is 164 Å². The number of hydrogen-bond donors (Lipinski definition) is 0. The molecular formula is C20H16N2O7. The molecule has 0 spiro atoms. The van der Waals surface area contributed by atoms with Crippen LogP contribution in [0.5, 0.6) is 11.5 Å². The molecule has 4 aromatic rings. The fraction of sp³-hybridized carbons (Fsp3) is 0.150. The van der Waals surface area contributed by atoms with Crippen molar-refractivity contribution in [2.45, 2.75) is 6.61 Å². The molecule has 3 aromatic heterocycles. The van der Waals surface area contributed by atoms with Gasteiger partial charge in [-0.15, -0.1) is 0 Å². The average Bonchev–Trinajstić information content (AvgIpc) is 3.52. The molecule has 9 heteroatoms. The summed E-state index contributed by atoms with van der Waals surface area (Å²) in [4.78, 5) is 12.2. The van der Waals surface area contributed by atoms with E-state index in [0.717, 1.165) is 5.56 Å². The zero-order valence-corrected chi connectivity index (χ0v) is 15.6. The number of esters is 1. The molecule has 0 radical (unpaired) electrons. The molecule has 0 saturated heterocycles. The lowest BCUT2D eigenvalue weighted by Crippen LogP contribution is -2.05. The van der Waals surface area contributed by atoms with Crippen LogP contribution in [0.1, 0.15) is 16.2 Å². The summed E-state index contributed by atoms with van der Waals surface area (Å²) in [5.41, 5.74) is 1.21. The Morgan fingerprint density at radius 1 is 0.931 bits per heavy atom. The Morgan fingerprint density at radius 3 is 2.52 bits per heavy atom. The van der Waals surface area contributed by atoms with Gasteiger partial charge in [-0.2, -0.15) is 0 Å². The normalized spacial score (nSPS) is 10.7. The van der Waals surface area contributed by atoms with Crippen molar-refractivity contribution in [3.63, 3.8) is 0 Å². The van der Waals surface area contributed by atoms with E-state index in [1.807, 2.05) is 6.07 Å². The Kier molecular flexibility index (Phi) is 5.02. The lowest BCUT2D eigenvalue weighted by molar-refractivity contribution is 0.0452. The molecule has 3 heterocycles. The lowest BCUT2D eigenvalue weighted by atomic mass is 10.1. The molecule has 0 amide bonds. The molecule has 29 heavy (non-hydrogen) atoms. The van der Waals surface area contributed by atoms with Crippen LogP contribution in [0, 0.1) is 0 Å². The van der Waals surface area contributed by atoms with Gasteiger partial charge in [0, 0.05) is 17.7 Å². The quantitative estimate of drug-likeness (QED) is 0.429. The number of methoxy groups -OCH3 is 2. The maximum atomic E-state index is 12.2. The number of nitrogens with zero attached hydrogens (tertiary/aromatic N) is 2. The van der Waals surface area contributed by atoms with Crippen molar-refractivity contribution in [1.29, 1.82) is 0 Å². The summed E-state index contributed by atoms with van der Waals surface area (Å²) in [6.07, 6.45) is 1.50. The second-order valence-corrected chi connectivity index (χ2v) is 5.88. The molecule has 0 atom stereocenters. The molecular weight excluding hydrogens is 380 g/mol. The highest BCUT2D eigenvalue weighted by Gasteiger charge is 2.18. The highest BCUT2D eigenvalue weighted by molar-refractivity contribution is 5.88. The highest BCUT2D eigenvalue weighted by Crippen LogP contribution is 2.32. The first-order valence-electron chi connectivity index (χ1n) is 8.53. The number of carbonyl (C=O) groups excluding carboxylic acids is 1. The van der Waals surface area contributed by atoms with Crippen LogP contribution in [0.25, 0.3) is 22.8 Å². The number of furan rings is 1. The summed E-state index contributed by atoms with van der Waals surface area (Å²) in [6, 6.07) is 11.9. The fourth-order valence-electron chi connectivity index (χ4n) is 2.63. The van der Waals surface area contributed by atoms with E-state index in [1.54, 1.807) is 44.6 Å². The number of rotatable bonds is 7. The maximum Gasteiger partial charge on any atom is 0.360 e. The molecule has 0 N–H and O–H groups in total. The molecule has 0 unspecified atom stereocenters. The first-order chi connectivity index (χ1) is 14.2. The summed E-state index contributed by atoms with van der Waals surface area (Å²) in [6.45, 7) is -0.0848. The van der Waals surface area contributed by atoms with Gasteiger partial charge in [-0.3, -0.25) is 0 Å². The van der Waals surface area contributed by atoms with Gasteiger partial charge in [0.1, 0.15) is 12.3 Å². The van der Waals surface area contributed by atoms with Gasteiger partial charge in [0.2, 0.25) is 5.76 Å². The Bertz CT molecular complexity index is 1110. The molecule has 0 bridgehead atoms. The molecule has 9 nitrogen and oxygen atoms in total. The fourth-order valence-corrected chi connectivity index (χ4v) is 2.63. The van der Waals surface area contributed by atoms with E-state index in [1.165, 1.54) is 12.3 Å². The summed E-state index contributed by atoms with van der Waals surface area (Å²) >= 11 is 0. The van der Waals surface area contributed by atoms with Gasteiger partial charge < -0.3 is 27.7 Å². The SMILES string of the molecule is COc1ccc(-c2cc(COC(=O)c3cc(-c4ccco4)on3)no2)cc1OC. The molecule has 0 saturated carbocycles. The van der Waals surface area contributed by atoms with Gasteiger partial charge in [0.05, 0.1) is 20.5 Å². The van der Waals surface area contributed by atoms with Gasteiger partial charge in [-0.25, -0.2) is 4.79 Å². The summed E-state index contributed by atoms with van der Waals surface area (Å²) in [5, 5.41) is 7.61. The van der Waals surface area contributed by atoms with Crippen molar-refractivity contribution in [3.8, 4) is 34.3 Å². The molecule has 0 aliphatic carbocycles. The van der Waals surface area contributed by atoms with Crippen molar-refractivity contribution in [2.75, 3.05) is 14.2 Å². The van der Waals surface area contributed by atoms with Crippen LogP contribution >= 0.6 is 0 Å². The second-order valence-electron chi connectivity index (χ2n) is 5.88. The van der Waals surface area contributed by atoms with Crippen molar-refractivity contribution in [3.05, 3.63) is 60.1 Å². The Balaban J connectivity index is 1.41. The van der Waals surface area contributed by atoms with E-state index in [4.69, 9.17) is 27.7 Å². The minimum atomic E-state index is -0.651. The molecule has 4 rings (SSSR count). The average molecular weight is 396 g/mol. The number of benzene rings is 1. The summed E-state index contributed by atoms with van der Waals surface area (Å²) in [7, 11) is 3.11. The van der Waals surface area contributed by atoms with Gasteiger partial charge in [0.25, 0.3) is 0 Å². The zero-order chi connectivity index (χ0) is 20.2. The van der Waals surface area contributed by atoms with Crippen molar-refractivity contribution < 1.29 is 32.5 Å². The zero-order valence-electron chi connectivity index (χ0n) is 15.6. The van der Waals surface area contributed by atoms with Gasteiger partial charge in [0.15, 0.2) is 28.7 Å². The number of hydrogen-bond acceptors (Lipinski definition) is 9. The first kappa shape index (κ1) is 18.4. The van der Waals surface area contributed by atoms with E-state index in [2.05, 4.69) is 10.3 Å². The monoisotopic (exact) mass is 396 g/mol. The van der Waals surface area contributed by atoms with Crippen LogP contribution < -0.4 is 9.47 Å². The minimum Gasteiger partial charge on any atom is -0.493 e. The Morgan fingerprint density at radius 2 is 1.76 bits per heavy atom. The van der Waals surface area contributed by atoms with Crippen LogP contribution in [0.3, 0.4) is 0 Å². The molecule has 0 aliphatic heterocycles. The van der Waals surface area contributed by atoms with Crippen LogP contribution in [0.4, 0.5) is 0 Å². The van der Waals surface area contributed by atoms with Crippen molar-refractivity contribution in [2.24, 2.45) is 0 Å². The second kappa shape index (κ2) is 7.93. The lowest BCUT2D eigenvalue weighted by Gasteiger charge is -2.07. The standard InChI is InChI=1S/C20H16N2O7/c1-24-15-6-5-12(8-18(15)25-2)17-9-13(21-28-17)11-27-20(23)14-10-19(29-22-14)16-4-3-7-26-16/h3-10H,11H2,1-2H3. The van der Waals surface area contributed by atoms with E-state index < -0.39 is 5.97 Å². The Hall–Kier alpha value is -4.01. The van der Waals surface area contributed by atoms with E-state index in [0.29, 0.717) is 34.5 Å². The molecule has 1 aromatic carbocycles. The van der Waals surface area contributed by atoms with Gasteiger partial charge in [-0.05, 0) is 30.3 Å². The van der Waals surface area contributed by atoms with E-state index in [9.17, 15) is 4.79 Å². The largest absolute Gasteiger partial charge is 0.493 e. The predicted octanol–water partition coefficient (Wildman–Crippen LogP) is 3.96. The predicted molar refractivity (Wildman–Crippen MR) is 98.4 cm³/mol. The van der Waals surface area contributed by atoms with E-state index in [-0.39, 0.29) is 12.3 Å². The number of carbonyl (C=O) groups is 1. The summed E-state index contributed by atoms with van der Waals surface area (Å²) in [5.74, 6) is 1.81. The number of ether oxygens (including phenoxy) is 3. The minimum absolute atomic E-state index is 0.0278. The van der Waals surface area contributed by atoms with Crippen LogP contribution in [0.2, 0.25) is 0 Å². The third-order valence-electron chi connectivity index (χ3n) is 4.06. The van der Waals surface area contributed by atoms with Crippen LogP contribution in [-0.4, -0.2) is 30.5 Å². The first-order valence-corrected chi connectivity index (χ1v) is 8.53.